The predicted octanol–water partition coefficient (Wildman–Crippen LogP) is 2.16. The molecule has 0 fully saturated rings. The first-order chi connectivity index (χ1) is 7.11. The highest BCUT2D eigenvalue weighted by molar-refractivity contribution is 5.86. The van der Waals surface area contributed by atoms with E-state index >= 15 is 0 Å². The van der Waals surface area contributed by atoms with Crippen LogP contribution >= 0.6 is 0 Å². The van der Waals surface area contributed by atoms with E-state index in [1.807, 2.05) is 6.07 Å². The number of hydrogen-bond donors (Lipinski definition) is 1. The van der Waals surface area contributed by atoms with Crippen molar-refractivity contribution in [2.24, 2.45) is 0 Å². The lowest BCUT2D eigenvalue weighted by molar-refractivity contribution is 0.0689. The molecule has 2 aromatic rings. The second-order valence-corrected chi connectivity index (χ2v) is 3.75. The number of aromatic nitrogens is 2. The van der Waals surface area contributed by atoms with Crippen molar-refractivity contribution < 1.29 is 9.90 Å². The Labute approximate surface area is 87.2 Å². The zero-order valence-electron chi connectivity index (χ0n) is 8.64. The first kappa shape index (κ1) is 9.71. The van der Waals surface area contributed by atoms with Gasteiger partial charge in [0.15, 0.2) is 0 Å². The van der Waals surface area contributed by atoms with E-state index in [4.69, 9.17) is 5.11 Å². The minimum absolute atomic E-state index is 0.243. The Balaban J connectivity index is 2.76. The van der Waals surface area contributed by atoms with Gasteiger partial charge in [-0.1, -0.05) is 19.9 Å². The van der Waals surface area contributed by atoms with Crippen LogP contribution in [-0.4, -0.2) is 20.5 Å². The second-order valence-electron chi connectivity index (χ2n) is 3.75. The summed E-state index contributed by atoms with van der Waals surface area (Å²) in [4.78, 5) is 15.1. The van der Waals surface area contributed by atoms with Gasteiger partial charge in [-0.25, -0.2) is 9.78 Å². The lowest BCUT2D eigenvalue weighted by atomic mass is 10.0. The molecule has 0 aromatic carbocycles. The number of hydrogen-bond acceptors (Lipinski definition) is 2. The summed E-state index contributed by atoms with van der Waals surface area (Å²) in [5.41, 5.74) is 2.03. The summed E-state index contributed by atoms with van der Waals surface area (Å²) in [5.74, 6) is -0.606. The average Bonchev–Trinajstić information content (AvgIpc) is 2.63. The van der Waals surface area contributed by atoms with Crippen LogP contribution in [0.1, 0.15) is 35.8 Å². The summed E-state index contributed by atoms with van der Waals surface area (Å²) in [6, 6.07) is 3.45. The average molecular weight is 204 g/mol. The molecule has 4 nitrogen and oxygen atoms in total. The number of nitrogens with zero attached hydrogens (tertiary/aromatic N) is 2. The van der Waals surface area contributed by atoms with Crippen LogP contribution in [0.2, 0.25) is 0 Å². The number of carbonyl (C=O) groups is 1. The zero-order valence-corrected chi connectivity index (χ0v) is 8.64. The Morgan fingerprint density at radius 2 is 2.20 bits per heavy atom. The van der Waals surface area contributed by atoms with Gasteiger partial charge < -0.3 is 5.11 Å². The minimum Gasteiger partial charge on any atom is -0.477 e. The van der Waals surface area contributed by atoms with E-state index in [2.05, 4.69) is 18.8 Å². The molecule has 15 heavy (non-hydrogen) atoms. The summed E-state index contributed by atoms with van der Waals surface area (Å²) < 4.78 is 1.61. The van der Waals surface area contributed by atoms with Gasteiger partial charge in [0.1, 0.15) is 11.3 Å². The van der Waals surface area contributed by atoms with Gasteiger partial charge in [0, 0.05) is 12.4 Å². The fraction of sp³-hybridized carbons (Fsp3) is 0.273. The fourth-order valence-corrected chi connectivity index (χ4v) is 1.66. The standard InChI is InChI=1S/C11H12N2O2/c1-7(2)8-3-4-9(11(14)15)13-6-5-12-10(8)13/h3-7H,1-2H3,(H,14,15). The van der Waals surface area contributed by atoms with Crippen molar-refractivity contribution in [3.8, 4) is 0 Å². The van der Waals surface area contributed by atoms with E-state index in [0.29, 0.717) is 5.92 Å². The summed E-state index contributed by atoms with van der Waals surface area (Å²) in [6.07, 6.45) is 3.29. The van der Waals surface area contributed by atoms with Crippen molar-refractivity contribution in [3.63, 3.8) is 0 Å². The number of imidazole rings is 1. The van der Waals surface area contributed by atoms with E-state index < -0.39 is 5.97 Å². The third-order valence-corrected chi connectivity index (χ3v) is 2.42. The number of rotatable bonds is 2. The maximum atomic E-state index is 10.9. The molecule has 0 aliphatic rings. The number of carboxylic acids is 1. The third kappa shape index (κ3) is 1.48. The number of pyridine rings is 1. The Kier molecular flexibility index (Phi) is 2.19. The molecule has 0 amide bonds. The molecule has 1 N–H and O–H groups in total. The van der Waals surface area contributed by atoms with Crippen LogP contribution < -0.4 is 0 Å². The highest BCUT2D eigenvalue weighted by atomic mass is 16.4. The van der Waals surface area contributed by atoms with E-state index in [1.165, 1.54) is 0 Å². The first-order valence-electron chi connectivity index (χ1n) is 4.80. The molecule has 78 valence electrons. The highest BCUT2D eigenvalue weighted by Crippen LogP contribution is 2.20. The molecule has 0 saturated heterocycles. The van der Waals surface area contributed by atoms with E-state index in [1.54, 1.807) is 22.9 Å². The predicted molar refractivity (Wildman–Crippen MR) is 56.2 cm³/mol. The quantitative estimate of drug-likeness (QED) is 0.815. The Bertz CT molecular complexity index is 514. The van der Waals surface area contributed by atoms with Crippen LogP contribution in [0.3, 0.4) is 0 Å². The number of carboxylic acid groups (broad SMARTS) is 1. The molecule has 2 aromatic heterocycles. The monoisotopic (exact) mass is 204 g/mol. The smallest absolute Gasteiger partial charge is 0.352 e. The van der Waals surface area contributed by atoms with Gasteiger partial charge in [-0.2, -0.15) is 0 Å². The van der Waals surface area contributed by atoms with Crippen LogP contribution in [-0.2, 0) is 0 Å². The van der Waals surface area contributed by atoms with Crippen molar-refractivity contribution in [3.05, 3.63) is 35.8 Å². The molecule has 0 saturated carbocycles. The van der Waals surface area contributed by atoms with Gasteiger partial charge in [-0.05, 0) is 17.5 Å². The fourth-order valence-electron chi connectivity index (χ4n) is 1.66. The molecule has 0 aliphatic carbocycles. The number of aromatic carboxylic acids is 1. The molecular formula is C11H12N2O2. The highest BCUT2D eigenvalue weighted by Gasteiger charge is 2.13. The van der Waals surface area contributed by atoms with Gasteiger partial charge in [0.2, 0.25) is 0 Å². The lowest BCUT2D eigenvalue weighted by Crippen LogP contribution is -2.06. The maximum Gasteiger partial charge on any atom is 0.352 e. The molecular weight excluding hydrogens is 192 g/mol. The molecule has 0 spiro atoms. The van der Waals surface area contributed by atoms with Crippen LogP contribution in [0.25, 0.3) is 5.65 Å². The zero-order chi connectivity index (χ0) is 11.0. The van der Waals surface area contributed by atoms with E-state index in [-0.39, 0.29) is 5.69 Å². The van der Waals surface area contributed by atoms with E-state index in [9.17, 15) is 4.79 Å². The number of fused-ring (bicyclic) bond motifs is 1. The second kappa shape index (κ2) is 3.38. The summed E-state index contributed by atoms with van der Waals surface area (Å²) in [7, 11) is 0. The van der Waals surface area contributed by atoms with Crippen molar-refractivity contribution in [1.82, 2.24) is 9.38 Å². The largest absolute Gasteiger partial charge is 0.477 e. The molecule has 2 heterocycles. The molecule has 0 radical (unpaired) electrons. The molecule has 0 unspecified atom stereocenters. The van der Waals surface area contributed by atoms with Gasteiger partial charge >= 0.3 is 5.97 Å². The lowest BCUT2D eigenvalue weighted by Gasteiger charge is -2.08. The van der Waals surface area contributed by atoms with Gasteiger partial charge in [0.25, 0.3) is 0 Å². The van der Waals surface area contributed by atoms with Crippen molar-refractivity contribution in [1.29, 1.82) is 0 Å². The minimum atomic E-state index is -0.937. The topological polar surface area (TPSA) is 54.6 Å². The molecule has 0 aliphatic heterocycles. The van der Waals surface area contributed by atoms with Crippen LogP contribution in [0.4, 0.5) is 0 Å². The third-order valence-electron chi connectivity index (χ3n) is 2.42. The first-order valence-corrected chi connectivity index (χ1v) is 4.80. The van der Waals surface area contributed by atoms with E-state index in [0.717, 1.165) is 11.2 Å². The van der Waals surface area contributed by atoms with Crippen molar-refractivity contribution in [2.75, 3.05) is 0 Å². The Hall–Kier alpha value is -1.84. The van der Waals surface area contributed by atoms with Crippen LogP contribution in [0.15, 0.2) is 24.5 Å². The van der Waals surface area contributed by atoms with Crippen LogP contribution in [0, 0.1) is 0 Å². The summed E-state index contributed by atoms with van der Waals surface area (Å²) in [6.45, 7) is 4.12. The van der Waals surface area contributed by atoms with Gasteiger partial charge in [0.05, 0.1) is 0 Å². The summed E-state index contributed by atoms with van der Waals surface area (Å²) >= 11 is 0. The molecule has 0 bridgehead atoms. The molecule has 2 rings (SSSR count). The Morgan fingerprint density at radius 3 is 2.80 bits per heavy atom. The SMILES string of the molecule is CC(C)c1ccc(C(=O)O)n2ccnc12. The summed E-state index contributed by atoms with van der Waals surface area (Å²) in [5, 5.41) is 8.98. The molecule has 0 atom stereocenters. The van der Waals surface area contributed by atoms with Crippen molar-refractivity contribution >= 4 is 11.6 Å². The maximum absolute atomic E-state index is 10.9. The normalized spacial score (nSPS) is 11.1. The van der Waals surface area contributed by atoms with Crippen LogP contribution in [0.5, 0.6) is 0 Å². The molecule has 4 heteroatoms. The Morgan fingerprint density at radius 1 is 1.47 bits per heavy atom. The van der Waals surface area contributed by atoms with Crippen molar-refractivity contribution in [2.45, 2.75) is 19.8 Å². The van der Waals surface area contributed by atoms with Gasteiger partial charge in [-0.15, -0.1) is 0 Å². The van der Waals surface area contributed by atoms with Gasteiger partial charge in [-0.3, -0.25) is 4.40 Å².